The van der Waals surface area contributed by atoms with Crippen LogP contribution in [0.3, 0.4) is 0 Å². The van der Waals surface area contributed by atoms with Crippen molar-refractivity contribution in [3.05, 3.63) is 43.8 Å². The first kappa shape index (κ1) is 18.9. The minimum atomic E-state index is -0.299. The maximum Gasteiger partial charge on any atom is 0.255 e. The molecule has 8 nitrogen and oxygen atoms in total. The number of benzene rings is 1. The third-order valence-electron chi connectivity index (χ3n) is 3.47. The number of methoxy groups -OCH3 is 2. The average molecular weight is 411 g/mol. The lowest BCUT2D eigenvalue weighted by Gasteiger charge is -2.11. The number of ether oxygens (including phenoxy) is 2. The Balaban J connectivity index is 2.20. The summed E-state index contributed by atoms with van der Waals surface area (Å²) in [6, 6.07) is 3.57. The number of aliphatic hydroxyl groups excluding tert-OH is 1. The number of hydrazone groups is 1. The van der Waals surface area contributed by atoms with E-state index in [0.717, 1.165) is 5.56 Å². The van der Waals surface area contributed by atoms with Crippen LogP contribution >= 0.6 is 15.9 Å². The number of hydrogen-bond acceptors (Lipinski definition) is 7. The molecule has 0 aliphatic heterocycles. The van der Waals surface area contributed by atoms with Crippen molar-refractivity contribution in [2.24, 2.45) is 5.10 Å². The first-order valence-corrected chi connectivity index (χ1v) is 8.21. The smallest absolute Gasteiger partial charge is 0.255 e. The molecule has 3 N–H and O–H groups in total. The van der Waals surface area contributed by atoms with E-state index in [2.05, 4.69) is 36.4 Å². The molecule has 134 valence electrons. The van der Waals surface area contributed by atoms with Gasteiger partial charge in [-0.25, -0.2) is 10.4 Å². The van der Waals surface area contributed by atoms with Gasteiger partial charge in [0.2, 0.25) is 5.95 Å². The summed E-state index contributed by atoms with van der Waals surface area (Å²) in [5.41, 5.74) is 4.14. The molecule has 1 aromatic carbocycles. The molecule has 0 saturated heterocycles. The molecule has 0 aliphatic rings. The predicted molar refractivity (Wildman–Crippen MR) is 98.8 cm³/mol. The van der Waals surface area contributed by atoms with Crippen molar-refractivity contribution in [3.8, 4) is 11.5 Å². The number of halogens is 1. The summed E-state index contributed by atoms with van der Waals surface area (Å²) in [6.07, 6.45) is 1.82. The van der Waals surface area contributed by atoms with Gasteiger partial charge in [0.05, 0.1) is 30.6 Å². The zero-order chi connectivity index (χ0) is 18.4. The van der Waals surface area contributed by atoms with Crippen molar-refractivity contribution in [1.82, 2.24) is 9.97 Å². The molecule has 0 unspecified atom stereocenters. The van der Waals surface area contributed by atoms with E-state index in [4.69, 9.17) is 14.6 Å². The molecule has 0 fully saturated rings. The van der Waals surface area contributed by atoms with E-state index in [1.54, 1.807) is 33.4 Å². The van der Waals surface area contributed by atoms with Crippen molar-refractivity contribution in [2.75, 3.05) is 26.3 Å². The fraction of sp³-hybridized carbons (Fsp3) is 0.312. The number of aromatic nitrogens is 2. The summed E-state index contributed by atoms with van der Waals surface area (Å²) in [5, 5.41) is 13.0. The molecule has 1 aromatic heterocycles. The largest absolute Gasteiger partial charge is 0.493 e. The van der Waals surface area contributed by atoms with Crippen LogP contribution in [0.15, 0.2) is 26.5 Å². The van der Waals surface area contributed by atoms with Crippen LogP contribution in [0.4, 0.5) is 5.95 Å². The molecule has 0 atom stereocenters. The van der Waals surface area contributed by atoms with E-state index in [0.29, 0.717) is 27.2 Å². The zero-order valence-corrected chi connectivity index (χ0v) is 15.7. The summed E-state index contributed by atoms with van der Waals surface area (Å²) in [5.74, 6) is 1.37. The van der Waals surface area contributed by atoms with E-state index in [-0.39, 0.29) is 24.5 Å². The molecule has 0 bridgehead atoms. The number of rotatable bonds is 7. The maximum atomic E-state index is 12.0. The number of aliphatic hydroxyl groups is 1. The Bertz CT molecular complexity index is 836. The van der Waals surface area contributed by atoms with Gasteiger partial charge in [-0.3, -0.25) is 9.78 Å². The standard InChI is InChI=1S/C16H19BrN4O4/c1-9-11(6-7-22)15(23)20-16(19-9)21-18-8-10-4-5-12(24-2)14(25-3)13(10)17/h4-5,8,22H,6-7H2,1-3H3,(H2,19,20,21,23)/b18-8-. The van der Waals surface area contributed by atoms with E-state index in [1.807, 2.05) is 6.07 Å². The number of H-pyrrole nitrogens is 1. The summed E-state index contributed by atoms with van der Waals surface area (Å²) >= 11 is 3.45. The molecular weight excluding hydrogens is 392 g/mol. The van der Waals surface area contributed by atoms with Crippen LogP contribution in [0.25, 0.3) is 0 Å². The number of nitrogens with zero attached hydrogens (tertiary/aromatic N) is 2. The lowest BCUT2D eigenvalue weighted by atomic mass is 10.2. The van der Waals surface area contributed by atoms with Crippen LogP contribution in [-0.4, -0.2) is 42.1 Å². The Morgan fingerprint density at radius 2 is 2.16 bits per heavy atom. The van der Waals surface area contributed by atoms with Crippen LogP contribution in [0.5, 0.6) is 11.5 Å². The molecule has 2 aromatic rings. The third-order valence-corrected chi connectivity index (χ3v) is 4.29. The average Bonchev–Trinajstić information content (AvgIpc) is 2.59. The fourth-order valence-corrected chi connectivity index (χ4v) is 2.83. The number of anilines is 1. The van der Waals surface area contributed by atoms with Gasteiger partial charge in [0.25, 0.3) is 5.56 Å². The van der Waals surface area contributed by atoms with Crippen LogP contribution in [-0.2, 0) is 6.42 Å². The first-order valence-electron chi connectivity index (χ1n) is 7.42. The maximum absolute atomic E-state index is 12.0. The molecule has 0 aliphatic carbocycles. The highest BCUT2D eigenvalue weighted by molar-refractivity contribution is 9.10. The summed E-state index contributed by atoms with van der Waals surface area (Å²) in [4.78, 5) is 18.8. The molecule has 0 spiro atoms. The fourth-order valence-electron chi connectivity index (χ4n) is 2.24. The molecule has 2 rings (SSSR count). The van der Waals surface area contributed by atoms with E-state index in [9.17, 15) is 4.79 Å². The highest BCUT2D eigenvalue weighted by Gasteiger charge is 2.11. The van der Waals surface area contributed by atoms with Gasteiger partial charge in [-0.2, -0.15) is 5.10 Å². The Kier molecular flexibility index (Phi) is 6.54. The van der Waals surface area contributed by atoms with Gasteiger partial charge in [0.1, 0.15) is 0 Å². The Morgan fingerprint density at radius 1 is 1.40 bits per heavy atom. The van der Waals surface area contributed by atoms with E-state index >= 15 is 0 Å². The van der Waals surface area contributed by atoms with Gasteiger partial charge in [-0.1, -0.05) is 0 Å². The lowest BCUT2D eigenvalue weighted by Crippen LogP contribution is -2.19. The van der Waals surface area contributed by atoms with Crippen LogP contribution in [0.2, 0.25) is 0 Å². The summed E-state index contributed by atoms with van der Waals surface area (Å²) in [7, 11) is 3.11. The number of aryl methyl sites for hydroxylation is 1. The van der Waals surface area contributed by atoms with Crippen molar-refractivity contribution in [1.29, 1.82) is 0 Å². The minimum Gasteiger partial charge on any atom is -0.493 e. The number of aromatic amines is 1. The van der Waals surface area contributed by atoms with Gasteiger partial charge in [-0.15, -0.1) is 0 Å². The molecule has 25 heavy (non-hydrogen) atoms. The minimum absolute atomic E-state index is 0.107. The SMILES string of the molecule is COc1ccc(/C=N\Nc2nc(C)c(CCO)c(=O)[nH]2)c(Br)c1OC. The lowest BCUT2D eigenvalue weighted by molar-refractivity contribution is 0.298. The monoisotopic (exact) mass is 410 g/mol. The highest BCUT2D eigenvalue weighted by Crippen LogP contribution is 2.36. The molecule has 1 heterocycles. The second-order valence-corrected chi connectivity index (χ2v) is 5.82. The first-order chi connectivity index (χ1) is 12.0. The second-order valence-electron chi connectivity index (χ2n) is 5.03. The van der Waals surface area contributed by atoms with Gasteiger partial charge in [-0.05, 0) is 35.0 Å². The third kappa shape index (κ3) is 4.37. The van der Waals surface area contributed by atoms with Gasteiger partial charge < -0.3 is 14.6 Å². The van der Waals surface area contributed by atoms with Crippen LogP contribution < -0.4 is 20.5 Å². The Labute approximate surface area is 153 Å². The van der Waals surface area contributed by atoms with Crippen molar-refractivity contribution >= 4 is 28.1 Å². The van der Waals surface area contributed by atoms with Gasteiger partial charge in [0.15, 0.2) is 11.5 Å². The Morgan fingerprint density at radius 3 is 2.76 bits per heavy atom. The molecule has 0 radical (unpaired) electrons. The van der Waals surface area contributed by atoms with E-state index < -0.39 is 0 Å². The summed E-state index contributed by atoms with van der Waals surface area (Å²) in [6.45, 7) is 1.60. The normalized spacial score (nSPS) is 10.9. The predicted octanol–water partition coefficient (Wildman–Crippen LogP) is 1.84. The van der Waals surface area contributed by atoms with Gasteiger partial charge in [0, 0.05) is 24.2 Å². The van der Waals surface area contributed by atoms with Crippen molar-refractivity contribution in [3.63, 3.8) is 0 Å². The molecule has 0 amide bonds. The second kappa shape index (κ2) is 8.63. The zero-order valence-electron chi connectivity index (χ0n) is 14.1. The van der Waals surface area contributed by atoms with Gasteiger partial charge >= 0.3 is 0 Å². The quantitative estimate of drug-likeness (QED) is 0.474. The van der Waals surface area contributed by atoms with Crippen molar-refractivity contribution in [2.45, 2.75) is 13.3 Å². The molecule has 0 saturated carbocycles. The molecule has 9 heteroatoms. The Hall–Kier alpha value is -2.39. The van der Waals surface area contributed by atoms with E-state index in [1.165, 1.54) is 0 Å². The summed E-state index contributed by atoms with van der Waals surface area (Å²) < 4.78 is 11.2. The number of nitrogens with one attached hydrogen (secondary N) is 2. The number of hydrogen-bond donors (Lipinski definition) is 3. The van der Waals surface area contributed by atoms with Crippen molar-refractivity contribution < 1.29 is 14.6 Å². The molecular formula is C16H19BrN4O4. The topological polar surface area (TPSA) is 109 Å². The van der Waals surface area contributed by atoms with Crippen LogP contribution in [0, 0.1) is 6.92 Å². The highest BCUT2D eigenvalue weighted by atomic mass is 79.9. The van der Waals surface area contributed by atoms with Crippen LogP contribution in [0.1, 0.15) is 16.8 Å².